The maximum absolute atomic E-state index is 12.7. The van der Waals surface area contributed by atoms with Crippen LogP contribution in [0.2, 0.25) is 0 Å². The predicted molar refractivity (Wildman–Crippen MR) is 78.8 cm³/mol. The Balaban J connectivity index is 2.21. The number of amides is 1. The van der Waals surface area contributed by atoms with Gasteiger partial charge in [0.2, 0.25) is 0 Å². The monoisotopic (exact) mass is 277 g/mol. The molecule has 0 saturated heterocycles. The summed E-state index contributed by atoms with van der Waals surface area (Å²) < 4.78 is 0. The fourth-order valence-corrected chi connectivity index (χ4v) is 2.89. The highest BCUT2D eigenvalue weighted by atomic mass is 16.3. The second-order valence-corrected chi connectivity index (χ2v) is 5.19. The first-order valence-corrected chi connectivity index (χ1v) is 7.31. The topological polar surface area (TPSA) is 65.5 Å². The molecule has 0 aliphatic heterocycles. The van der Waals surface area contributed by atoms with Crippen molar-refractivity contribution in [1.82, 2.24) is 9.88 Å². The summed E-state index contributed by atoms with van der Waals surface area (Å²) in [4.78, 5) is 18.6. The quantitative estimate of drug-likeness (QED) is 0.862. The molecule has 2 N–H and O–H groups in total. The largest absolute Gasteiger partial charge is 0.395 e. The molecule has 1 aromatic heterocycles. The van der Waals surface area contributed by atoms with Gasteiger partial charge in [-0.15, -0.1) is 0 Å². The summed E-state index contributed by atoms with van der Waals surface area (Å²) in [5, 5.41) is 12.3. The first-order valence-electron chi connectivity index (χ1n) is 7.31. The van der Waals surface area contributed by atoms with Gasteiger partial charge in [0.15, 0.2) is 0 Å². The maximum Gasteiger partial charge on any atom is 0.257 e. The van der Waals surface area contributed by atoms with E-state index in [2.05, 4.69) is 10.3 Å². The van der Waals surface area contributed by atoms with Crippen LogP contribution < -0.4 is 5.32 Å². The molecule has 0 atom stereocenters. The van der Waals surface area contributed by atoms with Crippen molar-refractivity contribution >= 4 is 11.6 Å². The molecule has 0 aromatic carbocycles. The molecule has 2 rings (SSSR count). The zero-order valence-corrected chi connectivity index (χ0v) is 12.0. The number of hydrogen-bond donors (Lipinski definition) is 2. The van der Waals surface area contributed by atoms with Crippen molar-refractivity contribution in [2.24, 2.45) is 0 Å². The Labute approximate surface area is 120 Å². The lowest BCUT2D eigenvalue weighted by molar-refractivity contribution is 0.0586. The maximum atomic E-state index is 12.7. The van der Waals surface area contributed by atoms with Crippen LogP contribution in [0, 0.1) is 0 Å². The second-order valence-electron chi connectivity index (χ2n) is 5.19. The van der Waals surface area contributed by atoms with E-state index in [1.807, 2.05) is 4.90 Å². The molecule has 0 bridgehead atoms. The van der Waals surface area contributed by atoms with E-state index in [1.54, 1.807) is 25.5 Å². The van der Waals surface area contributed by atoms with Crippen molar-refractivity contribution in [3.05, 3.63) is 24.0 Å². The van der Waals surface area contributed by atoms with E-state index in [0.717, 1.165) is 31.4 Å². The number of pyridine rings is 1. The molecular formula is C15H23N3O2. The molecule has 0 unspecified atom stereocenters. The molecule has 1 amide bonds. The normalized spacial score (nSPS) is 15.9. The Kier molecular flexibility index (Phi) is 5.35. The molecule has 110 valence electrons. The minimum absolute atomic E-state index is 0.00259. The molecule has 1 heterocycles. The number of nitrogens with one attached hydrogen (secondary N) is 1. The number of hydrogen-bond acceptors (Lipinski definition) is 4. The highest BCUT2D eigenvalue weighted by Gasteiger charge is 2.27. The summed E-state index contributed by atoms with van der Waals surface area (Å²) in [6.45, 7) is 0.388. The van der Waals surface area contributed by atoms with Crippen LogP contribution in [0.1, 0.15) is 42.5 Å². The molecular weight excluding hydrogens is 254 g/mol. The van der Waals surface area contributed by atoms with Crippen LogP contribution in [0.15, 0.2) is 18.5 Å². The first-order chi connectivity index (χ1) is 9.77. The van der Waals surface area contributed by atoms with E-state index in [9.17, 15) is 9.90 Å². The van der Waals surface area contributed by atoms with Crippen molar-refractivity contribution in [1.29, 1.82) is 0 Å². The zero-order valence-electron chi connectivity index (χ0n) is 12.0. The smallest absolute Gasteiger partial charge is 0.257 e. The third kappa shape index (κ3) is 3.28. The molecule has 1 saturated carbocycles. The summed E-state index contributed by atoms with van der Waals surface area (Å²) in [7, 11) is 1.79. The van der Waals surface area contributed by atoms with E-state index < -0.39 is 0 Å². The molecule has 1 aliphatic carbocycles. The van der Waals surface area contributed by atoms with E-state index in [0.29, 0.717) is 12.1 Å². The molecule has 5 nitrogen and oxygen atoms in total. The van der Waals surface area contributed by atoms with Gasteiger partial charge in [-0.3, -0.25) is 9.78 Å². The van der Waals surface area contributed by atoms with Crippen LogP contribution in [-0.4, -0.2) is 47.1 Å². The molecule has 20 heavy (non-hydrogen) atoms. The molecule has 5 heteroatoms. The van der Waals surface area contributed by atoms with Crippen molar-refractivity contribution in [3.8, 4) is 0 Å². The number of aliphatic hydroxyl groups excluding tert-OH is 1. The standard InChI is InChI=1S/C15H23N3O2/c1-16-14-7-8-17-11-13(14)15(20)18(9-10-19)12-5-3-2-4-6-12/h7-8,11-12,19H,2-6,9-10H2,1H3,(H,16,17). The van der Waals surface area contributed by atoms with Crippen molar-refractivity contribution in [3.63, 3.8) is 0 Å². The van der Waals surface area contributed by atoms with E-state index in [1.165, 1.54) is 6.42 Å². The minimum Gasteiger partial charge on any atom is -0.395 e. The summed E-state index contributed by atoms with van der Waals surface area (Å²) in [6, 6.07) is 2.04. The van der Waals surface area contributed by atoms with Crippen LogP contribution in [0.25, 0.3) is 0 Å². The van der Waals surface area contributed by atoms with Gasteiger partial charge < -0.3 is 15.3 Å². The van der Waals surface area contributed by atoms with Gasteiger partial charge >= 0.3 is 0 Å². The van der Waals surface area contributed by atoms with Crippen LogP contribution in [0.4, 0.5) is 5.69 Å². The van der Waals surface area contributed by atoms with E-state index >= 15 is 0 Å². The van der Waals surface area contributed by atoms with E-state index in [4.69, 9.17) is 0 Å². The molecule has 1 aliphatic rings. The Hall–Kier alpha value is -1.62. The SMILES string of the molecule is CNc1ccncc1C(=O)N(CCO)C1CCCCC1. The molecule has 1 fully saturated rings. The van der Waals surface area contributed by atoms with Gasteiger partial charge in [-0.05, 0) is 18.9 Å². The molecule has 1 aromatic rings. The Morgan fingerprint density at radius 1 is 1.45 bits per heavy atom. The number of carbonyl (C=O) groups excluding carboxylic acids is 1. The Morgan fingerprint density at radius 2 is 2.20 bits per heavy atom. The van der Waals surface area contributed by atoms with Crippen molar-refractivity contribution in [2.45, 2.75) is 38.1 Å². The van der Waals surface area contributed by atoms with Gasteiger partial charge in [0.25, 0.3) is 5.91 Å². The predicted octanol–water partition coefficient (Wildman–Crippen LogP) is 1.89. The van der Waals surface area contributed by atoms with Crippen LogP contribution >= 0.6 is 0 Å². The highest BCUT2D eigenvalue weighted by Crippen LogP contribution is 2.25. The number of carbonyl (C=O) groups is 1. The van der Waals surface area contributed by atoms with Gasteiger partial charge in [-0.1, -0.05) is 19.3 Å². The fourth-order valence-electron chi connectivity index (χ4n) is 2.89. The van der Waals surface area contributed by atoms with Crippen LogP contribution in [0.3, 0.4) is 0 Å². The van der Waals surface area contributed by atoms with Gasteiger partial charge in [-0.2, -0.15) is 0 Å². The van der Waals surface area contributed by atoms with Crippen molar-refractivity contribution < 1.29 is 9.90 Å². The third-order valence-electron chi connectivity index (χ3n) is 3.94. The number of rotatable bonds is 5. The number of nitrogens with zero attached hydrogens (tertiary/aromatic N) is 2. The summed E-state index contributed by atoms with van der Waals surface area (Å²) >= 11 is 0. The lowest BCUT2D eigenvalue weighted by Crippen LogP contribution is -2.43. The average Bonchev–Trinajstić information content (AvgIpc) is 2.52. The van der Waals surface area contributed by atoms with Crippen molar-refractivity contribution in [2.75, 3.05) is 25.5 Å². The summed E-state index contributed by atoms with van der Waals surface area (Å²) in [5.74, 6) is -0.0385. The Morgan fingerprint density at radius 3 is 2.85 bits per heavy atom. The third-order valence-corrected chi connectivity index (χ3v) is 3.94. The van der Waals surface area contributed by atoms with E-state index in [-0.39, 0.29) is 18.6 Å². The number of aliphatic hydroxyl groups is 1. The number of anilines is 1. The zero-order chi connectivity index (χ0) is 14.4. The van der Waals surface area contributed by atoms with Gasteiger partial charge in [0.1, 0.15) is 0 Å². The van der Waals surface area contributed by atoms with Crippen LogP contribution in [-0.2, 0) is 0 Å². The lowest BCUT2D eigenvalue weighted by atomic mass is 9.93. The Bertz CT molecular complexity index is 444. The molecule has 0 radical (unpaired) electrons. The van der Waals surface area contributed by atoms with Gasteiger partial charge in [0, 0.05) is 37.7 Å². The minimum atomic E-state index is -0.0385. The average molecular weight is 277 g/mol. The van der Waals surface area contributed by atoms with Gasteiger partial charge in [-0.25, -0.2) is 0 Å². The molecule has 0 spiro atoms. The lowest BCUT2D eigenvalue weighted by Gasteiger charge is -2.34. The fraction of sp³-hybridized carbons (Fsp3) is 0.600. The summed E-state index contributed by atoms with van der Waals surface area (Å²) in [5.41, 5.74) is 1.36. The highest BCUT2D eigenvalue weighted by molar-refractivity contribution is 5.99. The summed E-state index contributed by atoms with van der Waals surface area (Å²) in [6.07, 6.45) is 8.88. The first kappa shape index (κ1) is 14.8. The van der Waals surface area contributed by atoms with Crippen LogP contribution in [0.5, 0.6) is 0 Å². The van der Waals surface area contributed by atoms with Gasteiger partial charge in [0.05, 0.1) is 12.2 Å². The number of aromatic nitrogens is 1. The second kappa shape index (κ2) is 7.24.